The van der Waals surface area contributed by atoms with Crippen LogP contribution in [0.25, 0.3) is 0 Å². The Morgan fingerprint density at radius 2 is 2.00 bits per heavy atom. The Morgan fingerprint density at radius 3 is 2.65 bits per heavy atom. The minimum absolute atomic E-state index is 0.0674. The molecule has 0 aliphatic carbocycles. The average Bonchev–Trinajstić information content (AvgIpc) is 2.51. The van der Waals surface area contributed by atoms with Crippen LogP contribution in [0.4, 0.5) is 0 Å². The minimum Gasteiger partial charge on any atom is -0.486 e. The molecule has 0 saturated carbocycles. The maximum atomic E-state index is 9.45. The van der Waals surface area contributed by atoms with E-state index in [2.05, 4.69) is 32.2 Å². The van der Waals surface area contributed by atoms with Gasteiger partial charge in [0.05, 0.1) is 0 Å². The number of benzene rings is 1. The van der Waals surface area contributed by atoms with Crippen LogP contribution >= 0.6 is 0 Å². The summed E-state index contributed by atoms with van der Waals surface area (Å²) in [7, 11) is 0. The van der Waals surface area contributed by atoms with Gasteiger partial charge in [-0.05, 0) is 31.0 Å². The summed E-state index contributed by atoms with van der Waals surface area (Å²) in [5, 5.41) is 12.9. The summed E-state index contributed by atoms with van der Waals surface area (Å²) in [6.07, 6.45) is 0.949. The number of aliphatic hydroxyl groups excluding tert-OH is 1. The van der Waals surface area contributed by atoms with Gasteiger partial charge >= 0.3 is 0 Å². The Hall–Kier alpha value is -1.26. The fourth-order valence-corrected chi connectivity index (χ4v) is 2.14. The van der Waals surface area contributed by atoms with E-state index in [1.807, 2.05) is 12.1 Å². The van der Waals surface area contributed by atoms with Crippen molar-refractivity contribution in [1.82, 2.24) is 5.32 Å². The van der Waals surface area contributed by atoms with Gasteiger partial charge in [-0.3, -0.25) is 0 Å². The Labute approximate surface area is 121 Å². The van der Waals surface area contributed by atoms with Crippen molar-refractivity contribution < 1.29 is 14.6 Å². The summed E-state index contributed by atoms with van der Waals surface area (Å²) in [5.41, 5.74) is 1.10. The molecule has 1 aromatic rings. The molecule has 2 atom stereocenters. The summed E-state index contributed by atoms with van der Waals surface area (Å²) in [6, 6.07) is 6.28. The lowest BCUT2D eigenvalue weighted by atomic mass is 9.88. The fourth-order valence-electron chi connectivity index (χ4n) is 2.14. The largest absolute Gasteiger partial charge is 0.486 e. The number of hydrogen-bond donors (Lipinski definition) is 2. The van der Waals surface area contributed by atoms with Gasteiger partial charge in [-0.15, -0.1) is 0 Å². The van der Waals surface area contributed by atoms with Gasteiger partial charge in [0.25, 0.3) is 0 Å². The van der Waals surface area contributed by atoms with Crippen molar-refractivity contribution in [3.05, 3.63) is 23.8 Å². The zero-order valence-corrected chi connectivity index (χ0v) is 12.6. The molecule has 1 aliphatic heterocycles. The molecule has 0 aromatic heterocycles. The van der Waals surface area contributed by atoms with Crippen molar-refractivity contribution in [2.45, 2.75) is 33.2 Å². The summed E-state index contributed by atoms with van der Waals surface area (Å²) < 4.78 is 11.1. The van der Waals surface area contributed by atoms with Crippen molar-refractivity contribution >= 4 is 0 Å². The molecule has 0 amide bonds. The molecule has 0 fully saturated rings. The van der Waals surface area contributed by atoms with Crippen LogP contribution < -0.4 is 14.8 Å². The normalized spacial score (nSPS) is 18.4. The predicted molar refractivity (Wildman–Crippen MR) is 79.3 cm³/mol. The van der Waals surface area contributed by atoms with E-state index in [1.165, 1.54) is 5.56 Å². The first-order chi connectivity index (χ1) is 9.58. The van der Waals surface area contributed by atoms with E-state index in [0.717, 1.165) is 24.5 Å². The Morgan fingerprint density at radius 1 is 1.30 bits per heavy atom. The van der Waals surface area contributed by atoms with Crippen LogP contribution in [0.15, 0.2) is 18.2 Å². The van der Waals surface area contributed by atoms with Crippen LogP contribution in [-0.2, 0) is 0 Å². The molecular formula is C16H25NO3. The lowest BCUT2D eigenvalue weighted by Gasteiger charge is -2.28. The van der Waals surface area contributed by atoms with E-state index in [0.29, 0.717) is 13.2 Å². The zero-order chi connectivity index (χ0) is 14.6. The zero-order valence-electron chi connectivity index (χ0n) is 12.6. The number of nitrogens with one attached hydrogen (secondary N) is 1. The average molecular weight is 279 g/mol. The molecule has 2 unspecified atom stereocenters. The number of aliphatic hydroxyl groups is 1. The lowest BCUT2D eigenvalue weighted by Crippen LogP contribution is -2.35. The van der Waals surface area contributed by atoms with Gasteiger partial charge in [-0.25, -0.2) is 0 Å². The molecule has 1 heterocycles. The van der Waals surface area contributed by atoms with Crippen molar-refractivity contribution in [2.75, 3.05) is 26.4 Å². The second-order valence-corrected chi connectivity index (χ2v) is 5.83. The van der Waals surface area contributed by atoms with Crippen LogP contribution in [0.5, 0.6) is 11.5 Å². The van der Waals surface area contributed by atoms with E-state index in [-0.39, 0.29) is 18.1 Å². The van der Waals surface area contributed by atoms with Gasteiger partial charge in [0.15, 0.2) is 11.5 Å². The smallest absolute Gasteiger partial charge is 0.161 e. The monoisotopic (exact) mass is 279 g/mol. The quantitative estimate of drug-likeness (QED) is 0.840. The van der Waals surface area contributed by atoms with Crippen molar-refractivity contribution in [3.8, 4) is 11.5 Å². The van der Waals surface area contributed by atoms with E-state index >= 15 is 0 Å². The van der Waals surface area contributed by atoms with Crippen LogP contribution in [-0.4, -0.2) is 31.5 Å². The summed E-state index contributed by atoms with van der Waals surface area (Å²) in [6.45, 7) is 8.53. The van der Waals surface area contributed by atoms with Crippen molar-refractivity contribution in [2.24, 2.45) is 5.41 Å². The summed E-state index contributed by atoms with van der Waals surface area (Å²) in [4.78, 5) is 0. The van der Waals surface area contributed by atoms with Crippen molar-refractivity contribution in [3.63, 3.8) is 0 Å². The van der Waals surface area contributed by atoms with Crippen LogP contribution in [0, 0.1) is 5.41 Å². The van der Waals surface area contributed by atoms with Crippen LogP contribution in [0.1, 0.15) is 38.8 Å². The topological polar surface area (TPSA) is 50.7 Å². The maximum absolute atomic E-state index is 9.45. The Balaban J connectivity index is 2.00. The van der Waals surface area contributed by atoms with Gasteiger partial charge in [0.1, 0.15) is 13.2 Å². The first-order valence-electron chi connectivity index (χ1n) is 7.32. The molecule has 2 rings (SSSR count). The first kappa shape index (κ1) is 15.1. The van der Waals surface area contributed by atoms with E-state index < -0.39 is 0 Å². The Kier molecular flexibility index (Phi) is 4.89. The van der Waals surface area contributed by atoms with Gasteiger partial charge < -0.3 is 19.9 Å². The molecule has 2 N–H and O–H groups in total. The molecule has 20 heavy (non-hydrogen) atoms. The van der Waals surface area contributed by atoms with Crippen molar-refractivity contribution in [1.29, 1.82) is 0 Å². The number of ether oxygens (including phenoxy) is 2. The molecule has 0 saturated heterocycles. The minimum atomic E-state index is -0.0674. The number of hydrogen-bond acceptors (Lipinski definition) is 4. The third-order valence-corrected chi connectivity index (χ3v) is 4.14. The van der Waals surface area contributed by atoms with Crippen LogP contribution in [0.2, 0.25) is 0 Å². The molecule has 1 aliphatic rings. The SMILES string of the molecule is CCC(C)(CO)CNC(C)c1ccc2c(c1)OCCO2. The van der Waals surface area contributed by atoms with Gasteiger partial charge in [-0.2, -0.15) is 0 Å². The second-order valence-electron chi connectivity index (χ2n) is 5.83. The fraction of sp³-hybridized carbons (Fsp3) is 0.625. The van der Waals surface area contributed by atoms with Crippen LogP contribution in [0.3, 0.4) is 0 Å². The molecule has 0 spiro atoms. The number of fused-ring (bicyclic) bond motifs is 1. The highest BCUT2D eigenvalue weighted by Gasteiger charge is 2.22. The molecule has 112 valence electrons. The lowest BCUT2D eigenvalue weighted by molar-refractivity contribution is 0.132. The molecule has 1 aromatic carbocycles. The number of rotatable bonds is 6. The highest BCUT2D eigenvalue weighted by atomic mass is 16.6. The molecular weight excluding hydrogens is 254 g/mol. The molecule has 0 radical (unpaired) electrons. The first-order valence-corrected chi connectivity index (χ1v) is 7.32. The molecule has 4 nitrogen and oxygen atoms in total. The van der Waals surface area contributed by atoms with E-state index in [4.69, 9.17) is 9.47 Å². The Bertz CT molecular complexity index is 443. The third kappa shape index (κ3) is 3.44. The summed E-state index contributed by atoms with van der Waals surface area (Å²) in [5.74, 6) is 1.64. The molecule has 4 heteroatoms. The third-order valence-electron chi connectivity index (χ3n) is 4.14. The predicted octanol–water partition coefficient (Wildman–Crippen LogP) is 2.52. The highest BCUT2D eigenvalue weighted by Crippen LogP contribution is 2.32. The highest BCUT2D eigenvalue weighted by molar-refractivity contribution is 5.44. The maximum Gasteiger partial charge on any atom is 0.161 e. The summed E-state index contributed by atoms with van der Waals surface area (Å²) >= 11 is 0. The second kappa shape index (κ2) is 6.46. The van der Waals surface area contributed by atoms with Gasteiger partial charge in [0.2, 0.25) is 0 Å². The van der Waals surface area contributed by atoms with E-state index in [1.54, 1.807) is 0 Å². The van der Waals surface area contributed by atoms with Gasteiger partial charge in [-0.1, -0.05) is 19.9 Å². The standard InChI is InChI=1S/C16H25NO3/c1-4-16(3,11-18)10-17-12(2)13-5-6-14-15(9-13)20-8-7-19-14/h5-6,9,12,17-18H,4,7-8,10-11H2,1-3H3. The molecule has 0 bridgehead atoms. The van der Waals surface area contributed by atoms with E-state index in [9.17, 15) is 5.11 Å². The van der Waals surface area contributed by atoms with Gasteiger partial charge in [0, 0.05) is 24.6 Å².